The fraction of sp³-hybridized carbons (Fsp3) is 0.500. The molecule has 0 saturated heterocycles. The molecule has 1 heterocycles. The van der Waals surface area contributed by atoms with Gasteiger partial charge in [0.05, 0.1) is 0 Å². The zero-order chi connectivity index (χ0) is 13.1. The van der Waals surface area contributed by atoms with Crippen molar-refractivity contribution in [3.63, 3.8) is 0 Å². The van der Waals surface area contributed by atoms with Gasteiger partial charge in [-0.3, -0.25) is 4.79 Å². The van der Waals surface area contributed by atoms with Gasteiger partial charge in [-0.15, -0.1) is 0 Å². The Balaban J connectivity index is 2.06. The Bertz CT molecular complexity index is 445. The van der Waals surface area contributed by atoms with Gasteiger partial charge in [0, 0.05) is 18.8 Å². The van der Waals surface area contributed by atoms with E-state index < -0.39 is 12.0 Å². The lowest BCUT2D eigenvalue weighted by molar-refractivity contribution is -0.138. The van der Waals surface area contributed by atoms with Crippen molar-refractivity contribution in [3.8, 4) is 0 Å². The molecular weight excluding hydrogens is 228 g/mol. The van der Waals surface area contributed by atoms with Gasteiger partial charge < -0.3 is 15.7 Å². The quantitative estimate of drug-likeness (QED) is 0.848. The molecule has 0 spiro atoms. The lowest BCUT2D eigenvalue weighted by Gasteiger charge is -2.32. The highest BCUT2D eigenvalue weighted by Gasteiger charge is 2.19. The first kappa shape index (κ1) is 12.9. The number of carboxylic acids is 1. The predicted molar refractivity (Wildman–Crippen MR) is 71.9 cm³/mol. The van der Waals surface area contributed by atoms with Crippen LogP contribution in [0.4, 0.5) is 5.69 Å². The van der Waals surface area contributed by atoms with Crippen molar-refractivity contribution in [2.24, 2.45) is 5.73 Å². The van der Waals surface area contributed by atoms with E-state index >= 15 is 0 Å². The summed E-state index contributed by atoms with van der Waals surface area (Å²) < 4.78 is 0. The van der Waals surface area contributed by atoms with E-state index in [9.17, 15) is 4.79 Å². The van der Waals surface area contributed by atoms with Gasteiger partial charge >= 0.3 is 5.97 Å². The van der Waals surface area contributed by atoms with E-state index in [0.29, 0.717) is 13.0 Å². The summed E-state index contributed by atoms with van der Waals surface area (Å²) in [6, 6.07) is 5.70. The van der Waals surface area contributed by atoms with Crippen LogP contribution >= 0.6 is 0 Å². The number of anilines is 1. The molecular formula is C14H20N2O2. The van der Waals surface area contributed by atoms with Crippen molar-refractivity contribution >= 4 is 11.7 Å². The van der Waals surface area contributed by atoms with Gasteiger partial charge in [-0.2, -0.15) is 0 Å². The fourth-order valence-corrected chi connectivity index (χ4v) is 2.45. The Hall–Kier alpha value is -1.55. The summed E-state index contributed by atoms with van der Waals surface area (Å²) in [5, 5.41) is 8.80. The molecule has 1 unspecified atom stereocenters. The van der Waals surface area contributed by atoms with Crippen molar-refractivity contribution in [1.29, 1.82) is 0 Å². The molecule has 18 heavy (non-hydrogen) atoms. The van der Waals surface area contributed by atoms with E-state index in [0.717, 1.165) is 19.4 Å². The summed E-state index contributed by atoms with van der Waals surface area (Å²) in [6.45, 7) is 3.80. The largest absolute Gasteiger partial charge is 0.480 e. The van der Waals surface area contributed by atoms with Crippen LogP contribution in [0.25, 0.3) is 0 Å². The normalized spacial score (nSPS) is 16.2. The number of fused-ring (bicyclic) bond motifs is 1. The zero-order valence-electron chi connectivity index (χ0n) is 10.7. The SMILES string of the molecule is Cc1ccc2c(c1)CCCN2CCC(N)C(=O)O. The van der Waals surface area contributed by atoms with E-state index in [1.165, 1.54) is 16.8 Å². The molecule has 1 aromatic carbocycles. The number of nitrogens with zero attached hydrogens (tertiary/aromatic N) is 1. The number of benzene rings is 1. The highest BCUT2D eigenvalue weighted by Crippen LogP contribution is 2.27. The van der Waals surface area contributed by atoms with Crippen LogP contribution in [0.3, 0.4) is 0 Å². The molecule has 0 fully saturated rings. The summed E-state index contributed by atoms with van der Waals surface area (Å²) in [7, 11) is 0. The maximum Gasteiger partial charge on any atom is 0.320 e. The van der Waals surface area contributed by atoms with E-state index in [1.807, 2.05) is 0 Å². The van der Waals surface area contributed by atoms with E-state index in [2.05, 4.69) is 30.0 Å². The lowest BCUT2D eigenvalue weighted by Crippen LogP contribution is -2.37. The monoisotopic (exact) mass is 248 g/mol. The van der Waals surface area contributed by atoms with E-state index in [1.54, 1.807) is 0 Å². The van der Waals surface area contributed by atoms with Crippen molar-refractivity contribution < 1.29 is 9.90 Å². The third-order valence-corrected chi connectivity index (χ3v) is 3.48. The van der Waals surface area contributed by atoms with Gasteiger partial charge in [0.15, 0.2) is 0 Å². The molecule has 1 aromatic rings. The number of rotatable bonds is 4. The van der Waals surface area contributed by atoms with Crippen molar-refractivity contribution in [2.75, 3.05) is 18.0 Å². The summed E-state index contributed by atoms with van der Waals surface area (Å²) in [5.41, 5.74) is 9.43. The molecule has 98 valence electrons. The van der Waals surface area contributed by atoms with Crippen LogP contribution in [0.2, 0.25) is 0 Å². The Kier molecular flexibility index (Phi) is 3.87. The molecule has 2 rings (SSSR count). The number of carbonyl (C=O) groups is 1. The standard InChI is InChI=1S/C14H20N2O2/c1-10-4-5-13-11(9-10)3-2-7-16(13)8-6-12(15)14(17)18/h4-5,9,12H,2-3,6-8,15H2,1H3,(H,17,18). The molecule has 0 radical (unpaired) electrons. The fourth-order valence-electron chi connectivity index (χ4n) is 2.45. The molecule has 0 bridgehead atoms. The Morgan fingerprint density at radius 3 is 3.06 bits per heavy atom. The second-order valence-electron chi connectivity index (χ2n) is 4.96. The Labute approximate surface area is 107 Å². The number of aliphatic carboxylic acids is 1. The third-order valence-electron chi connectivity index (χ3n) is 3.48. The van der Waals surface area contributed by atoms with Gasteiger partial charge in [-0.25, -0.2) is 0 Å². The second-order valence-corrected chi connectivity index (χ2v) is 4.96. The molecule has 0 amide bonds. The average molecular weight is 248 g/mol. The van der Waals surface area contributed by atoms with Gasteiger partial charge in [-0.1, -0.05) is 17.7 Å². The van der Waals surface area contributed by atoms with Crippen molar-refractivity contribution in [1.82, 2.24) is 0 Å². The summed E-state index contributed by atoms with van der Waals surface area (Å²) in [5.74, 6) is -0.920. The molecule has 3 N–H and O–H groups in total. The smallest absolute Gasteiger partial charge is 0.320 e. The topological polar surface area (TPSA) is 66.6 Å². The predicted octanol–water partition coefficient (Wildman–Crippen LogP) is 1.55. The molecule has 0 saturated carbocycles. The van der Waals surface area contributed by atoms with Crippen molar-refractivity contribution in [2.45, 2.75) is 32.2 Å². The van der Waals surface area contributed by atoms with Crippen LogP contribution in [0.15, 0.2) is 18.2 Å². The third kappa shape index (κ3) is 2.82. The molecule has 4 heteroatoms. The van der Waals surface area contributed by atoms with Crippen molar-refractivity contribution in [3.05, 3.63) is 29.3 Å². The number of hydrogen-bond acceptors (Lipinski definition) is 3. The van der Waals surface area contributed by atoms with Crippen LogP contribution in [-0.4, -0.2) is 30.2 Å². The highest BCUT2D eigenvalue weighted by molar-refractivity contribution is 5.73. The molecule has 4 nitrogen and oxygen atoms in total. The summed E-state index contributed by atoms with van der Waals surface area (Å²) in [4.78, 5) is 13.0. The maximum absolute atomic E-state index is 10.7. The van der Waals surface area contributed by atoms with Crippen LogP contribution in [0.1, 0.15) is 24.0 Å². The van der Waals surface area contributed by atoms with Crippen LogP contribution in [0.5, 0.6) is 0 Å². The minimum Gasteiger partial charge on any atom is -0.480 e. The maximum atomic E-state index is 10.7. The minimum absolute atomic E-state index is 0.489. The molecule has 1 atom stereocenters. The van der Waals surface area contributed by atoms with Gasteiger partial charge in [-0.05, 0) is 37.8 Å². The van der Waals surface area contributed by atoms with E-state index in [4.69, 9.17) is 10.8 Å². The molecule has 0 aliphatic carbocycles. The summed E-state index contributed by atoms with van der Waals surface area (Å²) >= 11 is 0. The Morgan fingerprint density at radius 1 is 1.56 bits per heavy atom. The first-order chi connectivity index (χ1) is 8.58. The second kappa shape index (κ2) is 5.40. The van der Waals surface area contributed by atoms with Gasteiger partial charge in [0.1, 0.15) is 6.04 Å². The summed E-state index contributed by atoms with van der Waals surface area (Å²) in [6.07, 6.45) is 2.72. The number of carboxylic acid groups (broad SMARTS) is 1. The molecule has 1 aliphatic rings. The molecule has 1 aliphatic heterocycles. The first-order valence-electron chi connectivity index (χ1n) is 6.41. The van der Waals surface area contributed by atoms with E-state index in [-0.39, 0.29) is 0 Å². The number of nitrogens with two attached hydrogens (primary N) is 1. The lowest BCUT2D eigenvalue weighted by atomic mass is 9.99. The highest BCUT2D eigenvalue weighted by atomic mass is 16.4. The van der Waals surface area contributed by atoms with Crippen LogP contribution in [0, 0.1) is 6.92 Å². The molecule has 0 aromatic heterocycles. The zero-order valence-corrected chi connectivity index (χ0v) is 10.7. The minimum atomic E-state index is -0.920. The van der Waals surface area contributed by atoms with Crippen LogP contribution < -0.4 is 10.6 Å². The average Bonchev–Trinajstić information content (AvgIpc) is 2.35. The number of hydrogen-bond donors (Lipinski definition) is 2. The number of aryl methyl sites for hydroxylation is 2. The van der Waals surface area contributed by atoms with Gasteiger partial charge in [0.2, 0.25) is 0 Å². The Morgan fingerprint density at radius 2 is 2.33 bits per heavy atom. The first-order valence-corrected chi connectivity index (χ1v) is 6.41. The van der Waals surface area contributed by atoms with Crippen LogP contribution in [-0.2, 0) is 11.2 Å². The van der Waals surface area contributed by atoms with Gasteiger partial charge in [0.25, 0.3) is 0 Å².